The molecule has 4 aromatic carbocycles. The zero-order valence-electron chi connectivity index (χ0n) is 19.7. The van der Waals surface area contributed by atoms with Gasteiger partial charge in [0, 0.05) is 19.5 Å². The molecule has 0 aliphatic heterocycles. The first-order valence-corrected chi connectivity index (χ1v) is 11.9. The van der Waals surface area contributed by atoms with Crippen LogP contribution in [0.15, 0.2) is 121 Å². The molecule has 4 nitrogen and oxygen atoms in total. The first-order chi connectivity index (χ1) is 17.2. The van der Waals surface area contributed by atoms with E-state index in [-0.39, 0.29) is 11.8 Å². The number of nitrogens with one attached hydrogen (secondary N) is 1. The van der Waals surface area contributed by atoms with E-state index < -0.39 is 6.04 Å². The lowest BCUT2D eigenvalue weighted by Gasteiger charge is -2.32. The summed E-state index contributed by atoms with van der Waals surface area (Å²) in [5.41, 5.74) is 3.89. The van der Waals surface area contributed by atoms with Crippen LogP contribution in [0.1, 0.15) is 34.7 Å². The third kappa shape index (κ3) is 6.90. The predicted molar refractivity (Wildman–Crippen MR) is 139 cm³/mol. The molecule has 0 fully saturated rings. The Labute approximate surface area is 207 Å². The Hall–Kier alpha value is -4.18. The van der Waals surface area contributed by atoms with Crippen molar-refractivity contribution in [2.45, 2.75) is 32.0 Å². The number of aryl methyl sites for hydroxylation is 1. The highest BCUT2D eigenvalue weighted by Gasteiger charge is 2.31. The van der Waals surface area contributed by atoms with Gasteiger partial charge in [0.1, 0.15) is 6.04 Å². The molecule has 0 bridgehead atoms. The van der Waals surface area contributed by atoms with E-state index >= 15 is 0 Å². The van der Waals surface area contributed by atoms with Crippen molar-refractivity contribution in [1.82, 2.24) is 10.2 Å². The quantitative estimate of drug-likeness (QED) is 0.328. The number of benzene rings is 4. The van der Waals surface area contributed by atoms with Gasteiger partial charge in [-0.1, -0.05) is 121 Å². The van der Waals surface area contributed by atoms with Crippen LogP contribution in [0.25, 0.3) is 0 Å². The standard InChI is InChI=1S/C31H30N2O2/c34-29(22-21-25-13-5-1-6-14-25)33(24-27-17-9-3-10-18-27)30(28-19-11-4-12-20-28)31(35)32-23-26-15-7-2-8-16-26/h1-20,30H,21-24H2,(H,32,35). The van der Waals surface area contributed by atoms with Crippen molar-refractivity contribution in [1.29, 1.82) is 0 Å². The molecule has 1 unspecified atom stereocenters. The van der Waals surface area contributed by atoms with Crippen LogP contribution < -0.4 is 5.32 Å². The van der Waals surface area contributed by atoms with Crippen molar-refractivity contribution in [3.8, 4) is 0 Å². The molecule has 0 aliphatic rings. The summed E-state index contributed by atoms with van der Waals surface area (Å²) in [6.07, 6.45) is 0.949. The number of nitrogens with zero attached hydrogens (tertiary/aromatic N) is 1. The summed E-state index contributed by atoms with van der Waals surface area (Å²) >= 11 is 0. The molecule has 0 saturated heterocycles. The van der Waals surface area contributed by atoms with E-state index in [1.54, 1.807) is 4.90 Å². The molecule has 0 spiro atoms. The molecule has 0 aromatic heterocycles. The van der Waals surface area contributed by atoms with Gasteiger partial charge in [0.05, 0.1) is 0 Å². The lowest BCUT2D eigenvalue weighted by atomic mass is 10.0. The van der Waals surface area contributed by atoms with E-state index in [0.29, 0.717) is 25.9 Å². The minimum absolute atomic E-state index is 0.0542. The fraction of sp³-hybridized carbons (Fsp3) is 0.161. The molecule has 0 radical (unpaired) electrons. The second-order valence-corrected chi connectivity index (χ2v) is 8.51. The van der Waals surface area contributed by atoms with Crippen LogP contribution in [0.4, 0.5) is 0 Å². The van der Waals surface area contributed by atoms with Gasteiger partial charge in [-0.3, -0.25) is 9.59 Å². The third-order valence-corrected chi connectivity index (χ3v) is 5.97. The SMILES string of the molecule is O=C(NCc1ccccc1)C(c1ccccc1)N(Cc1ccccc1)C(=O)CCc1ccccc1. The molecule has 0 heterocycles. The van der Waals surface area contributed by atoms with E-state index in [1.807, 2.05) is 121 Å². The van der Waals surface area contributed by atoms with E-state index in [2.05, 4.69) is 5.32 Å². The van der Waals surface area contributed by atoms with Gasteiger partial charge in [0.2, 0.25) is 11.8 Å². The van der Waals surface area contributed by atoms with Gasteiger partial charge in [-0.25, -0.2) is 0 Å². The predicted octanol–water partition coefficient (Wildman–Crippen LogP) is 5.71. The third-order valence-electron chi connectivity index (χ3n) is 5.97. The zero-order valence-corrected chi connectivity index (χ0v) is 19.7. The second-order valence-electron chi connectivity index (χ2n) is 8.51. The highest BCUT2D eigenvalue weighted by molar-refractivity contribution is 5.88. The van der Waals surface area contributed by atoms with Crippen molar-refractivity contribution >= 4 is 11.8 Å². The highest BCUT2D eigenvalue weighted by Crippen LogP contribution is 2.25. The van der Waals surface area contributed by atoms with Gasteiger partial charge in [0.15, 0.2) is 0 Å². The van der Waals surface area contributed by atoms with E-state index in [0.717, 1.165) is 22.3 Å². The number of carbonyl (C=O) groups is 2. The normalized spacial score (nSPS) is 11.4. The number of hydrogen-bond acceptors (Lipinski definition) is 2. The molecule has 0 saturated carbocycles. The molecule has 4 aromatic rings. The van der Waals surface area contributed by atoms with Crippen LogP contribution >= 0.6 is 0 Å². The molecule has 35 heavy (non-hydrogen) atoms. The van der Waals surface area contributed by atoms with E-state index in [9.17, 15) is 9.59 Å². The summed E-state index contributed by atoms with van der Waals surface area (Å²) < 4.78 is 0. The average Bonchev–Trinajstić information content (AvgIpc) is 2.92. The summed E-state index contributed by atoms with van der Waals surface area (Å²) in [5, 5.41) is 3.06. The lowest BCUT2D eigenvalue weighted by Crippen LogP contribution is -2.43. The number of hydrogen-bond donors (Lipinski definition) is 1. The number of carbonyl (C=O) groups excluding carboxylic acids is 2. The number of rotatable bonds is 10. The minimum atomic E-state index is -0.733. The zero-order chi connectivity index (χ0) is 24.3. The van der Waals surface area contributed by atoms with Gasteiger partial charge in [-0.05, 0) is 28.7 Å². The fourth-order valence-electron chi connectivity index (χ4n) is 4.13. The maximum Gasteiger partial charge on any atom is 0.247 e. The van der Waals surface area contributed by atoms with Crippen LogP contribution in [0, 0.1) is 0 Å². The van der Waals surface area contributed by atoms with E-state index in [1.165, 1.54) is 0 Å². The maximum atomic E-state index is 13.7. The molecule has 4 heteroatoms. The summed E-state index contributed by atoms with van der Waals surface area (Å²) in [6, 6.07) is 38.4. The fourth-order valence-corrected chi connectivity index (χ4v) is 4.13. The average molecular weight is 463 g/mol. The molecule has 0 aliphatic carbocycles. The molecule has 176 valence electrons. The van der Waals surface area contributed by atoms with Crippen molar-refractivity contribution in [3.63, 3.8) is 0 Å². The molecule has 1 N–H and O–H groups in total. The smallest absolute Gasteiger partial charge is 0.247 e. The minimum Gasteiger partial charge on any atom is -0.350 e. The van der Waals surface area contributed by atoms with Crippen molar-refractivity contribution in [2.75, 3.05) is 0 Å². The Morgan fingerprint density at radius 2 is 1.11 bits per heavy atom. The Balaban J connectivity index is 1.61. The summed E-state index contributed by atoms with van der Waals surface area (Å²) in [7, 11) is 0. The van der Waals surface area contributed by atoms with Gasteiger partial charge in [0.25, 0.3) is 0 Å². The summed E-state index contributed by atoms with van der Waals surface area (Å²) in [6.45, 7) is 0.757. The van der Waals surface area contributed by atoms with Crippen LogP contribution in [0.5, 0.6) is 0 Å². The lowest BCUT2D eigenvalue weighted by molar-refractivity contribution is -0.141. The Morgan fingerprint density at radius 1 is 0.629 bits per heavy atom. The second kappa shape index (κ2) is 12.3. The van der Waals surface area contributed by atoms with Crippen LogP contribution in [0.2, 0.25) is 0 Å². The molecular formula is C31H30N2O2. The van der Waals surface area contributed by atoms with Crippen molar-refractivity contribution in [3.05, 3.63) is 144 Å². The molecule has 1 atom stereocenters. The highest BCUT2D eigenvalue weighted by atomic mass is 16.2. The largest absolute Gasteiger partial charge is 0.350 e. The Morgan fingerprint density at radius 3 is 1.69 bits per heavy atom. The summed E-state index contributed by atoms with van der Waals surface area (Å²) in [4.78, 5) is 29.0. The van der Waals surface area contributed by atoms with Crippen molar-refractivity contribution < 1.29 is 9.59 Å². The molecule has 4 rings (SSSR count). The van der Waals surface area contributed by atoms with Gasteiger partial charge in [-0.2, -0.15) is 0 Å². The molecular weight excluding hydrogens is 432 g/mol. The topological polar surface area (TPSA) is 49.4 Å². The van der Waals surface area contributed by atoms with Crippen LogP contribution in [-0.4, -0.2) is 16.7 Å². The molecule has 2 amide bonds. The van der Waals surface area contributed by atoms with Gasteiger partial charge in [-0.15, -0.1) is 0 Å². The van der Waals surface area contributed by atoms with Crippen LogP contribution in [-0.2, 0) is 29.1 Å². The van der Waals surface area contributed by atoms with Crippen LogP contribution in [0.3, 0.4) is 0 Å². The number of amides is 2. The Bertz CT molecular complexity index is 1200. The Kier molecular flexibility index (Phi) is 8.44. The monoisotopic (exact) mass is 462 g/mol. The maximum absolute atomic E-state index is 13.7. The van der Waals surface area contributed by atoms with Crippen molar-refractivity contribution in [2.24, 2.45) is 0 Å². The van der Waals surface area contributed by atoms with E-state index in [4.69, 9.17) is 0 Å². The first kappa shape index (κ1) is 24.0. The summed E-state index contributed by atoms with van der Waals surface area (Å²) in [5.74, 6) is -0.245. The van der Waals surface area contributed by atoms with Gasteiger partial charge < -0.3 is 10.2 Å². The first-order valence-electron chi connectivity index (χ1n) is 11.9. The van der Waals surface area contributed by atoms with Gasteiger partial charge >= 0.3 is 0 Å².